The van der Waals surface area contributed by atoms with Crippen LogP contribution in [0.25, 0.3) is 22.1 Å². The first kappa shape index (κ1) is 28.7. The lowest BCUT2D eigenvalue weighted by atomic mass is 10.2. The Morgan fingerprint density at radius 1 is 0.773 bits per heavy atom. The minimum absolute atomic E-state index is 0.398. The SMILES string of the molecule is CCn1nc(C)cc1Nc1nc2ccccc2n1C/C=C/Cn1c(Nc2cc(C)nn2CC)nc2cc(C(=O)OC)ccc21. The van der Waals surface area contributed by atoms with Crippen LogP contribution in [0.3, 0.4) is 0 Å². The maximum Gasteiger partial charge on any atom is 0.337 e. The minimum Gasteiger partial charge on any atom is -0.465 e. The molecule has 44 heavy (non-hydrogen) atoms. The van der Waals surface area contributed by atoms with E-state index in [1.54, 1.807) is 12.1 Å². The topological polar surface area (TPSA) is 122 Å². The lowest BCUT2D eigenvalue weighted by Crippen LogP contribution is -2.08. The summed E-state index contributed by atoms with van der Waals surface area (Å²) in [5.74, 6) is 2.75. The molecule has 4 aromatic heterocycles. The number of carbonyl (C=O) groups is 1. The number of rotatable bonds is 11. The second-order valence-corrected chi connectivity index (χ2v) is 10.5. The Morgan fingerprint density at radius 3 is 1.89 bits per heavy atom. The number of imidazole rings is 2. The molecule has 6 aromatic rings. The van der Waals surface area contributed by atoms with Gasteiger partial charge in [0.05, 0.1) is 46.1 Å². The lowest BCUT2D eigenvalue weighted by Gasteiger charge is -2.11. The summed E-state index contributed by atoms with van der Waals surface area (Å²) in [6, 6.07) is 17.6. The predicted molar refractivity (Wildman–Crippen MR) is 172 cm³/mol. The van der Waals surface area contributed by atoms with Gasteiger partial charge in [0.25, 0.3) is 0 Å². The summed E-state index contributed by atoms with van der Waals surface area (Å²) in [6.45, 7) is 10.7. The molecular weight excluding hydrogens is 556 g/mol. The molecule has 0 unspecified atom stereocenters. The fraction of sp³-hybridized carbons (Fsp3) is 0.281. The van der Waals surface area contributed by atoms with E-state index in [2.05, 4.69) is 55.1 Å². The number of allylic oxidation sites excluding steroid dienone is 2. The molecule has 0 aliphatic heterocycles. The number of hydrogen-bond acceptors (Lipinski definition) is 8. The second-order valence-electron chi connectivity index (χ2n) is 10.5. The van der Waals surface area contributed by atoms with Crippen LogP contribution in [0.1, 0.15) is 35.6 Å². The third-order valence-corrected chi connectivity index (χ3v) is 7.45. The number of nitrogens with one attached hydrogen (secondary N) is 2. The molecule has 4 heterocycles. The van der Waals surface area contributed by atoms with Gasteiger partial charge in [-0.05, 0) is 58.0 Å². The molecule has 2 N–H and O–H groups in total. The van der Waals surface area contributed by atoms with Crippen LogP contribution < -0.4 is 10.6 Å². The maximum atomic E-state index is 12.2. The summed E-state index contributed by atoms with van der Waals surface area (Å²) < 4.78 is 13.0. The van der Waals surface area contributed by atoms with Gasteiger partial charge in [-0.1, -0.05) is 24.3 Å². The Hall–Kier alpha value is -5.39. The molecule has 0 aliphatic rings. The van der Waals surface area contributed by atoms with Crippen LogP contribution in [0.4, 0.5) is 23.5 Å². The molecule has 2 aromatic carbocycles. The minimum atomic E-state index is -0.398. The number of benzene rings is 2. The number of methoxy groups -OCH3 is 1. The first-order chi connectivity index (χ1) is 21.4. The smallest absolute Gasteiger partial charge is 0.337 e. The molecule has 0 fully saturated rings. The van der Waals surface area contributed by atoms with Crippen molar-refractivity contribution in [2.45, 2.75) is 53.9 Å². The molecular formula is C32H36N10O2. The average Bonchev–Trinajstić information content (AvgIpc) is 3.77. The van der Waals surface area contributed by atoms with Crippen LogP contribution in [0.15, 0.2) is 66.7 Å². The second kappa shape index (κ2) is 12.1. The molecule has 0 atom stereocenters. The Kier molecular flexibility index (Phi) is 7.88. The first-order valence-corrected chi connectivity index (χ1v) is 14.7. The van der Waals surface area contributed by atoms with Gasteiger partial charge in [-0.15, -0.1) is 0 Å². The van der Waals surface area contributed by atoms with Crippen molar-refractivity contribution in [3.05, 3.63) is 83.7 Å². The van der Waals surface area contributed by atoms with E-state index in [0.29, 0.717) is 30.1 Å². The zero-order chi connectivity index (χ0) is 30.8. The van der Waals surface area contributed by atoms with Crippen LogP contribution in [-0.2, 0) is 30.9 Å². The summed E-state index contributed by atoms with van der Waals surface area (Å²) >= 11 is 0. The van der Waals surface area contributed by atoms with E-state index >= 15 is 0 Å². The van der Waals surface area contributed by atoms with Crippen LogP contribution in [0.2, 0.25) is 0 Å². The van der Waals surface area contributed by atoms with Crippen molar-refractivity contribution >= 4 is 51.6 Å². The fourth-order valence-electron chi connectivity index (χ4n) is 5.37. The number of aryl methyl sites for hydroxylation is 4. The number of carbonyl (C=O) groups excluding carboxylic acids is 1. The average molecular weight is 593 g/mol. The summed E-state index contributed by atoms with van der Waals surface area (Å²) in [4.78, 5) is 21.9. The van der Waals surface area contributed by atoms with Gasteiger partial charge in [0.2, 0.25) is 11.9 Å². The van der Waals surface area contributed by atoms with E-state index in [9.17, 15) is 4.79 Å². The molecule has 0 amide bonds. The maximum absolute atomic E-state index is 12.2. The zero-order valence-corrected chi connectivity index (χ0v) is 25.6. The first-order valence-electron chi connectivity index (χ1n) is 14.7. The highest BCUT2D eigenvalue weighted by Crippen LogP contribution is 2.26. The van der Waals surface area contributed by atoms with E-state index in [0.717, 1.165) is 58.6 Å². The highest BCUT2D eigenvalue weighted by Gasteiger charge is 2.16. The van der Waals surface area contributed by atoms with Crippen molar-refractivity contribution in [2.24, 2.45) is 0 Å². The molecule has 0 saturated heterocycles. The van der Waals surface area contributed by atoms with Crippen molar-refractivity contribution in [1.82, 2.24) is 38.7 Å². The van der Waals surface area contributed by atoms with Gasteiger partial charge in [0.1, 0.15) is 11.6 Å². The van der Waals surface area contributed by atoms with Crippen LogP contribution >= 0.6 is 0 Å². The van der Waals surface area contributed by atoms with Gasteiger partial charge in [0.15, 0.2) is 0 Å². The third kappa shape index (κ3) is 5.53. The Morgan fingerprint density at radius 2 is 1.32 bits per heavy atom. The molecule has 0 bridgehead atoms. The van der Waals surface area contributed by atoms with Gasteiger partial charge in [-0.25, -0.2) is 24.1 Å². The molecule has 0 spiro atoms. The number of hydrogen-bond donors (Lipinski definition) is 2. The summed E-state index contributed by atoms with van der Waals surface area (Å²) in [6.07, 6.45) is 4.24. The van der Waals surface area contributed by atoms with E-state index in [1.807, 2.05) is 66.5 Å². The number of para-hydroxylation sites is 2. The van der Waals surface area contributed by atoms with Crippen LogP contribution in [0.5, 0.6) is 0 Å². The quantitative estimate of drug-likeness (QED) is 0.140. The van der Waals surface area contributed by atoms with Crippen molar-refractivity contribution in [1.29, 1.82) is 0 Å². The Labute approximate surface area is 255 Å². The van der Waals surface area contributed by atoms with Crippen molar-refractivity contribution in [3.8, 4) is 0 Å². The Bertz CT molecular complexity index is 1990. The summed E-state index contributed by atoms with van der Waals surface area (Å²) in [7, 11) is 1.38. The number of fused-ring (bicyclic) bond motifs is 2. The van der Waals surface area contributed by atoms with Crippen molar-refractivity contribution in [2.75, 3.05) is 17.7 Å². The van der Waals surface area contributed by atoms with E-state index < -0.39 is 5.97 Å². The van der Waals surface area contributed by atoms with Gasteiger partial charge >= 0.3 is 5.97 Å². The number of aromatic nitrogens is 8. The summed E-state index contributed by atoms with van der Waals surface area (Å²) in [5, 5.41) is 16.1. The van der Waals surface area contributed by atoms with Gasteiger partial charge in [0, 0.05) is 38.3 Å². The molecule has 0 aliphatic carbocycles. The molecule has 226 valence electrons. The highest BCUT2D eigenvalue weighted by atomic mass is 16.5. The van der Waals surface area contributed by atoms with E-state index in [1.165, 1.54) is 7.11 Å². The van der Waals surface area contributed by atoms with E-state index in [4.69, 9.17) is 14.7 Å². The zero-order valence-electron chi connectivity index (χ0n) is 25.6. The Balaban J connectivity index is 1.31. The predicted octanol–water partition coefficient (Wildman–Crippen LogP) is 5.97. The lowest BCUT2D eigenvalue weighted by molar-refractivity contribution is 0.0601. The third-order valence-electron chi connectivity index (χ3n) is 7.45. The monoisotopic (exact) mass is 592 g/mol. The number of nitrogens with zero attached hydrogens (tertiary/aromatic N) is 8. The molecule has 6 rings (SSSR count). The number of esters is 1. The van der Waals surface area contributed by atoms with E-state index in [-0.39, 0.29) is 0 Å². The van der Waals surface area contributed by atoms with Gasteiger partial charge in [-0.2, -0.15) is 10.2 Å². The summed E-state index contributed by atoms with van der Waals surface area (Å²) in [5.41, 5.74) is 5.85. The molecule has 0 radical (unpaired) electrons. The fourth-order valence-corrected chi connectivity index (χ4v) is 5.37. The standard InChI is InChI=1S/C32H36N10O2/c1-6-41-28(18-21(3)37-41)35-31-33-24-12-8-9-13-26(24)39(31)16-10-11-17-40-27-15-14-23(30(43)44-5)20-25(27)34-32(40)36-29-19-22(4)38-42(29)7-2/h8-15,18-20H,6-7,16-17H2,1-5H3,(H,33,35)(H,34,36)/b11-10+. The van der Waals surface area contributed by atoms with Crippen molar-refractivity contribution < 1.29 is 9.53 Å². The number of ether oxygens (including phenoxy) is 1. The van der Waals surface area contributed by atoms with Crippen molar-refractivity contribution in [3.63, 3.8) is 0 Å². The van der Waals surface area contributed by atoms with Gasteiger partial charge in [-0.3, -0.25) is 0 Å². The highest BCUT2D eigenvalue weighted by molar-refractivity contribution is 5.94. The molecule has 12 nitrogen and oxygen atoms in total. The molecule has 0 saturated carbocycles. The normalized spacial score (nSPS) is 11.7. The number of anilines is 4. The molecule has 12 heteroatoms. The van der Waals surface area contributed by atoms with Crippen LogP contribution in [-0.4, -0.2) is 51.7 Å². The van der Waals surface area contributed by atoms with Crippen LogP contribution in [0, 0.1) is 13.8 Å². The largest absolute Gasteiger partial charge is 0.465 e. The van der Waals surface area contributed by atoms with Gasteiger partial charge < -0.3 is 24.5 Å².